The van der Waals surface area contributed by atoms with Crippen LogP contribution in [0.15, 0.2) is 12.1 Å². The number of aromatic hydroxyl groups is 1. The van der Waals surface area contributed by atoms with E-state index in [1.807, 2.05) is 0 Å². The van der Waals surface area contributed by atoms with Gasteiger partial charge in [0.25, 0.3) is 0 Å². The summed E-state index contributed by atoms with van der Waals surface area (Å²) in [4.78, 5) is 0. The highest BCUT2D eigenvalue weighted by atomic mass is 16.5. The molecule has 0 aliphatic heterocycles. The average molecular weight is 212 g/mol. The van der Waals surface area contributed by atoms with E-state index in [1.165, 1.54) is 14.2 Å². The smallest absolute Gasteiger partial charge is 0.203 e. The molecular formula is C11H16O4. The number of phenols is 1. The molecule has 0 bridgehead atoms. The maximum Gasteiger partial charge on any atom is 0.203 e. The van der Waals surface area contributed by atoms with Gasteiger partial charge in [-0.3, -0.25) is 0 Å². The molecule has 15 heavy (non-hydrogen) atoms. The molecule has 0 spiro atoms. The van der Waals surface area contributed by atoms with E-state index in [0.29, 0.717) is 23.5 Å². The zero-order valence-corrected chi connectivity index (χ0v) is 9.15. The maximum absolute atomic E-state index is 9.83. The van der Waals surface area contributed by atoms with Gasteiger partial charge in [0.2, 0.25) is 5.75 Å². The average Bonchev–Trinajstić information content (AvgIpc) is 2.20. The number of methoxy groups -OCH3 is 2. The van der Waals surface area contributed by atoms with Gasteiger partial charge in [0.1, 0.15) is 0 Å². The quantitative estimate of drug-likeness (QED) is 0.790. The van der Waals surface area contributed by atoms with Crippen LogP contribution in [0.5, 0.6) is 17.2 Å². The van der Waals surface area contributed by atoms with Crippen molar-refractivity contribution in [3.8, 4) is 17.2 Å². The second kappa shape index (κ2) is 4.89. The summed E-state index contributed by atoms with van der Waals surface area (Å²) in [5.41, 5.74) is 0.641. The predicted molar refractivity (Wildman–Crippen MR) is 56.6 cm³/mol. The van der Waals surface area contributed by atoms with Gasteiger partial charge in [0.15, 0.2) is 11.5 Å². The van der Waals surface area contributed by atoms with Gasteiger partial charge in [-0.2, -0.15) is 0 Å². The molecule has 1 aromatic rings. The van der Waals surface area contributed by atoms with Crippen LogP contribution in [-0.2, 0) is 6.42 Å². The molecule has 4 nitrogen and oxygen atoms in total. The minimum absolute atomic E-state index is 0.0257. The zero-order valence-electron chi connectivity index (χ0n) is 9.15. The summed E-state index contributed by atoms with van der Waals surface area (Å²) in [5, 5.41) is 19.1. The largest absolute Gasteiger partial charge is 0.504 e. The Morgan fingerprint density at radius 2 is 1.93 bits per heavy atom. The zero-order chi connectivity index (χ0) is 11.4. The van der Waals surface area contributed by atoms with Crippen LogP contribution in [0.25, 0.3) is 0 Å². The Labute approximate surface area is 89.1 Å². The summed E-state index contributed by atoms with van der Waals surface area (Å²) in [6, 6.07) is 3.42. The maximum atomic E-state index is 9.83. The first kappa shape index (κ1) is 11.7. The summed E-state index contributed by atoms with van der Waals surface area (Å²) in [5.74, 6) is 0.803. The molecule has 4 heteroatoms. The number of aliphatic hydroxyl groups excluding tert-OH is 1. The lowest BCUT2D eigenvalue weighted by Gasteiger charge is -2.13. The van der Waals surface area contributed by atoms with Crippen LogP contribution >= 0.6 is 0 Å². The van der Waals surface area contributed by atoms with E-state index < -0.39 is 6.10 Å². The monoisotopic (exact) mass is 212 g/mol. The molecule has 0 aromatic heterocycles. The van der Waals surface area contributed by atoms with Crippen LogP contribution < -0.4 is 9.47 Å². The summed E-state index contributed by atoms with van der Waals surface area (Å²) in [6.45, 7) is 1.66. The van der Waals surface area contributed by atoms with Gasteiger partial charge in [-0.25, -0.2) is 0 Å². The molecule has 84 valence electrons. The van der Waals surface area contributed by atoms with Crippen molar-refractivity contribution < 1.29 is 19.7 Å². The summed E-state index contributed by atoms with van der Waals surface area (Å²) in [7, 11) is 2.97. The minimum Gasteiger partial charge on any atom is -0.504 e. The van der Waals surface area contributed by atoms with Crippen molar-refractivity contribution >= 4 is 0 Å². The topological polar surface area (TPSA) is 58.9 Å². The van der Waals surface area contributed by atoms with Crippen molar-refractivity contribution in [3.05, 3.63) is 17.7 Å². The van der Waals surface area contributed by atoms with Gasteiger partial charge in [-0.05, 0) is 13.0 Å². The molecule has 1 unspecified atom stereocenters. The van der Waals surface area contributed by atoms with E-state index in [4.69, 9.17) is 9.47 Å². The van der Waals surface area contributed by atoms with Crippen LogP contribution in [0.4, 0.5) is 0 Å². The first-order valence-corrected chi connectivity index (χ1v) is 4.71. The third kappa shape index (κ3) is 2.53. The van der Waals surface area contributed by atoms with E-state index in [2.05, 4.69) is 0 Å². The van der Waals surface area contributed by atoms with Crippen molar-refractivity contribution in [1.82, 2.24) is 0 Å². The molecule has 1 aromatic carbocycles. The Kier molecular flexibility index (Phi) is 3.80. The van der Waals surface area contributed by atoms with E-state index in [-0.39, 0.29) is 5.75 Å². The lowest BCUT2D eigenvalue weighted by atomic mass is 10.1. The molecule has 0 radical (unpaired) electrons. The highest BCUT2D eigenvalue weighted by molar-refractivity contribution is 5.54. The first-order chi connectivity index (χ1) is 7.10. The number of rotatable bonds is 4. The van der Waals surface area contributed by atoms with Crippen molar-refractivity contribution in [2.24, 2.45) is 0 Å². The fourth-order valence-electron chi connectivity index (χ4n) is 1.43. The standard InChI is InChI=1S/C11H16O4/c1-7(12)6-8-4-5-9(14-2)11(15-3)10(8)13/h4-5,7,12-13H,6H2,1-3H3. The lowest BCUT2D eigenvalue weighted by molar-refractivity contribution is 0.194. The Balaban J connectivity index is 3.11. The van der Waals surface area contributed by atoms with Crippen LogP contribution in [0, 0.1) is 0 Å². The summed E-state index contributed by atoms with van der Waals surface area (Å²) in [6.07, 6.45) is -0.124. The highest BCUT2D eigenvalue weighted by Gasteiger charge is 2.14. The summed E-state index contributed by atoms with van der Waals surface area (Å²) >= 11 is 0. The number of benzene rings is 1. The second-order valence-corrected chi connectivity index (χ2v) is 3.36. The van der Waals surface area contributed by atoms with E-state index in [9.17, 15) is 10.2 Å². The number of phenolic OH excluding ortho intramolecular Hbond substituents is 1. The number of aliphatic hydroxyl groups is 1. The highest BCUT2D eigenvalue weighted by Crippen LogP contribution is 2.39. The molecule has 1 atom stereocenters. The Hall–Kier alpha value is -1.42. The third-order valence-electron chi connectivity index (χ3n) is 2.12. The minimum atomic E-state index is -0.506. The second-order valence-electron chi connectivity index (χ2n) is 3.36. The van der Waals surface area contributed by atoms with Gasteiger partial charge in [-0.15, -0.1) is 0 Å². The molecule has 0 saturated heterocycles. The fraction of sp³-hybridized carbons (Fsp3) is 0.455. The Bertz CT molecular complexity index is 334. The fourth-order valence-corrected chi connectivity index (χ4v) is 1.43. The van der Waals surface area contributed by atoms with Gasteiger partial charge in [0, 0.05) is 12.0 Å². The predicted octanol–water partition coefficient (Wildman–Crippen LogP) is 1.33. The molecule has 0 heterocycles. The van der Waals surface area contributed by atoms with E-state index in [0.717, 1.165) is 0 Å². The normalized spacial score (nSPS) is 12.3. The van der Waals surface area contributed by atoms with Gasteiger partial charge in [-0.1, -0.05) is 6.07 Å². The van der Waals surface area contributed by atoms with Crippen LogP contribution in [-0.4, -0.2) is 30.5 Å². The number of hydrogen-bond donors (Lipinski definition) is 2. The van der Waals surface area contributed by atoms with Gasteiger partial charge >= 0.3 is 0 Å². The van der Waals surface area contributed by atoms with Crippen molar-refractivity contribution in [1.29, 1.82) is 0 Å². The van der Waals surface area contributed by atoms with Crippen molar-refractivity contribution in [3.63, 3.8) is 0 Å². The van der Waals surface area contributed by atoms with Gasteiger partial charge < -0.3 is 19.7 Å². The number of hydrogen-bond acceptors (Lipinski definition) is 4. The van der Waals surface area contributed by atoms with Crippen molar-refractivity contribution in [2.75, 3.05) is 14.2 Å². The van der Waals surface area contributed by atoms with Crippen LogP contribution in [0.2, 0.25) is 0 Å². The molecule has 1 rings (SSSR count). The molecular weight excluding hydrogens is 196 g/mol. The van der Waals surface area contributed by atoms with E-state index >= 15 is 0 Å². The Morgan fingerprint density at radius 1 is 1.27 bits per heavy atom. The molecule has 0 aliphatic rings. The molecule has 0 aliphatic carbocycles. The molecule has 0 saturated carbocycles. The van der Waals surface area contributed by atoms with E-state index in [1.54, 1.807) is 19.1 Å². The Morgan fingerprint density at radius 3 is 2.40 bits per heavy atom. The van der Waals surface area contributed by atoms with Crippen LogP contribution in [0.1, 0.15) is 12.5 Å². The third-order valence-corrected chi connectivity index (χ3v) is 2.12. The van der Waals surface area contributed by atoms with Crippen LogP contribution in [0.3, 0.4) is 0 Å². The SMILES string of the molecule is COc1ccc(CC(C)O)c(O)c1OC. The van der Waals surface area contributed by atoms with Crippen molar-refractivity contribution in [2.45, 2.75) is 19.4 Å². The lowest BCUT2D eigenvalue weighted by Crippen LogP contribution is -2.05. The number of ether oxygens (including phenoxy) is 2. The molecule has 0 amide bonds. The summed E-state index contributed by atoms with van der Waals surface area (Å²) < 4.78 is 10.1. The molecule has 0 fully saturated rings. The van der Waals surface area contributed by atoms with Gasteiger partial charge in [0.05, 0.1) is 20.3 Å². The molecule has 2 N–H and O–H groups in total. The first-order valence-electron chi connectivity index (χ1n) is 4.71.